The van der Waals surface area contributed by atoms with E-state index in [9.17, 15) is 4.79 Å². The summed E-state index contributed by atoms with van der Waals surface area (Å²) in [4.78, 5) is 13.6. The summed E-state index contributed by atoms with van der Waals surface area (Å²) in [5.74, 6) is -0.0270. The molecule has 0 atom stereocenters. The molecule has 1 aromatic carbocycles. The second kappa shape index (κ2) is 5.31. The van der Waals surface area contributed by atoms with Crippen LogP contribution in [0.5, 0.6) is 5.75 Å². The molecule has 0 unspecified atom stereocenters. The number of carbonyl (C=O) groups is 1. The van der Waals surface area contributed by atoms with Crippen molar-refractivity contribution in [2.75, 3.05) is 7.11 Å². The Labute approximate surface area is 110 Å². The van der Waals surface area contributed by atoms with Crippen LogP contribution in [0.3, 0.4) is 0 Å². The molecule has 18 heavy (non-hydrogen) atoms. The first-order valence-corrected chi connectivity index (χ1v) is 6.05. The molecule has 0 spiro atoms. The van der Waals surface area contributed by atoms with E-state index in [0.717, 1.165) is 22.2 Å². The Balaban J connectivity index is 2.33. The lowest BCUT2D eigenvalue weighted by atomic mass is 10.1. The molecule has 4 nitrogen and oxygen atoms in total. The van der Waals surface area contributed by atoms with Crippen molar-refractivity contribution in [2.45, 2.75) is 19.3 Å². The molecule has 0 amide bonds. The van der Waals surface area contributed by atoms with Crippen LogP contribution in [0.4, 0.5) is 0 Å². The molecule has 1 heterocycles. The van der Waals surface area contributed by atoms with E-state index in [1.165, 1.54) is 0 Å². The van der Waals surface area contributed by atoms with E-state index in [0.29, 0.717) is 17.9 Å². The molecule has 0 saturated heterocycles. The number of methoxy groups -OCH3 is 1. The van der Waals surface area contributed by atoms with E-state index in [2.05, 4.69) is 4.98 Å². The van der Waals surface area contributed by atoms with E-state index in [1.54, 1.807) is 13.2 Å². The maximum absolute atomic E-state index is 10.5. The highest BCUT2D eigenvalue weighted by atomic mass is 35.5. The van der Waals surface area contributed by atoms with Crippen LogP contribution in [0.1, 0.15) is 18.4 Å². The zero-order valence-corrected chi connectivity index (χ0v) is 10.8. The topological polar surface area (TPSA) is 62.3 Å². The van der Waals surface area contributed by atoms with Gasteiger partial charge >= 0.3 is 5.97 Å². The molecular weight excluding hydrogens is 254 g/mol. The van der Waals surface area contributed by atoms with Gasteiger partial charge in [0, 0.05) is 18.0 Å². The first kappa shape index (κ1) is 12.8. The van der Waals surface area contributed by atoms with Crippen LogP contribution < -0.4 is 4.74 Å². The molecular formula is C13H14ClNO3. The molecule has 96 valence electrons. The van der Waals surface area contributed by atoms with Crippen molar-refractivity contribution < 1.29 is 14.6 Å². The number of fused-ring (bicyclic) bond motifs is 1. The summed E-state index contributed by atoms with van der Waals surface area (Å²) in [6.45, 7) is 0. The summed E-state index contributed by atoms with van der Waals surface area (Å²) < 4.78 is 5.31. The molecule has 0 radical (unpaired) electrons. The van der Waals surface area contributed by atoms with E-state index in [-0.39, 0.29) is 6.42 Å². The van der Waals surface area contributed by atoms with Gasteiger partial charge in [-0.1, -0.05) is 11.6 Å². The minimum Gasteiger partial charge on any atom is -0.496 e. The highest BCUT2D eigenvalue weighted by Crippen LogP contribution is 2.34. The molecule has 0 fully saturated rings. The van der Waals surface area contributed by atoms with Crippen molar-refractivity contribution in [1.29, 1.82) is 0 Å². The third-order valence-corrected chi connectivity index (χ3v) is 3.20. The molecule has 2 aromatic rings. The fourth-order valence-electron chi connectivity index (χ4n) is 2.05. The number of hydrogen-bond donors (Lipinski definition) is 2. The Hall–Kier alpha value is -1.68. The van der Waals surface area contributed by atoms with Gasteiger partial charge in [0.2, 0.25) is 0 Å². The second-order valence-corrected chi connectivity index (χ2v) is 4.47. The van der Waals surface area contributed by atoms with Crippen LogP contribution in [0.25, 0.3) is 10.9 Å². The van der Waals surface area contributed by atoms with Crippen LogP contribution in [0.2, 0.25) is 5.02 Å². The predicted octanol–water partition coefficient (Wildman–Crippen LogP) is 3.24. The fourth-order valence-corrected chi connectivity index (χ4v) is 2.26. The van der Waals surface area contributed by atoms with Crippen molar-refractivity contribution in [3.8, 4) is 5.75 Å². The van der Waals surface area contributed by atoms with Gasteiger partial charge in [0.15, 0.2) is 0 Å². The molecule has 2 rings (SSSR count). The number of benzene rings is 1. The lowest BCUT2D eigenvalue weighted by Gasteiger charge is -2.05. The molecule has 1 aromatic heterocycles. The van der Waals surface area contributed by atoms with Crippen LogP contribution in [0.15, 0.2) is 18.3 Å². The van der Waals surface area contributed by atoms with E-state index < -0.39 is 5.97 Å². The number of aromatic nitrogens is 1. The zero-order valence-electron chi connectivity index (χ0n) is 10.00. The van der Waals surface area contributed by atoms with Crippen molar-refractivity contribution in [3.05, 3.63) is 28.9 Å². The number of nitrogens with one attached hydrogen (secondary N) is 1. The number of H-pyrrole nitrogens is 1. The minimum absolute atomic E-state index is 0.162. The fraction of sp³-hybridized carbons (Fsp3) is 0.308. The van der Waals surface area contributed by atoms with Gasteiger partial charge in [0.25, 0.3) is 0 Å². The summed E-state index contributed by atoms with van der Waals surface area (Å²) >= 11 is 6.10. The van der Waals surface area contributed by atoms with Gasteiger partial charge in [-0.2, -0.15) is 0 Å². The van der Waals surface area contributed by atoms with Gasteiger partial charge in [0.05, 0.1) is 17.6 Å². The second-order valence-electron chi connectivity index (χ2n) is 4.06. The van der Waals surface area contributed by atoms with Crippen molar-refractivity contribution in [3.63, 3.8) is 0 Å². The Kier molecular flexibility index (Phi) is 3.77. The molecule has 0 aliphatic rings. The van der Waals surface area contributed by atoms with Gasteiger partial charge in [-0.15, -0.1) is 0 Å². The van der Waals surface area contributed by atoms with Crippen molar-refractivity contribution >= 4 is 28.5 Å². The zero-order chi connectivity index (χ0) is 13.1. The van der Waals surface area contributed by atoms with Gasteiger partial charge in [-0.3, -0.25) is 4.79 Å². The van der Waals surface area contributed by atoms with Gasteiger partial charge in [-0.25, -0.2) is 0 Å². The Morgan fingerprint density at radius 3 is 2.94 bits per heavy atom. The normalized spacial score (nSPS) is 10.8. The minimum atomic E-state index is -0.778. The number of halogens is 1. The number of aryl methyl sites for hydroxylation is 1. The van der Waals surface area contributed by atoms with E-state index in [4.69, 9.17) is 21.4 Å². The number of carboxylic acid groups (broad SMARTS) is 1. The van der Waals surface area contributed by atoms with E-state index >= 15 is 0 Å². The first-order valence-electron chi connectivity index (χ1n) is 5.67. The largest absolute Gasteiger partial charge is 0.496 e. The summed E-state index contributed by atoms with van der Waals surface area (Å²) in [7, 11) is 1.61. The average molecular weight is 268 g/mol. The number of aliphatic carboxylic acids is 1. The third-order valence-electron chi connectivity index (χ3n) is 2.88. The summed E-state index contributed by atoms with van der Waals surface area (Å²) in [6, 6.07) is 3.60. The number of aromatic amines is 1. The predicted molar refractivity (Wildman–Crippen MR) is 70.4 cm³/mol. The molecule has 0 bridgehead atoms. The lowest BCUT2D eigenvalue weighted by molar-refractivity contribution is -0.137. The standard InChI is InChI=1S/C13H14ClNO3/c1-18-10-6-5-9(14)13-12(10)8(7-15-13)3-2-4-11(16)17/h5-7,15H,2-4H2,1H3,(H,16,17). The van der Waals surface area contributed by atoms with Gasteiger partial charge in [0.1, 0.15) is 5.75 Å². The van der Waals surface area contributed by atoms with Crippen LogP contribution in [-0.4, -0.2) is 23.2 Å². The maximum atomic E-state index is 10.5. The third kappa shape index (κ3) is 2.43. The molecule has 0 aliphatic carbocycles. The van der Waals surface area contributed by atoms with Crippen LogP contribution >= 0.6 is 11.6 Å². The Morgan fingerprint density at radius 2 is 2.28 bits per heavy atom. The lowest BCUT2D eigenvalue weighted by Crippen LogP contribution is -1.95. The van der Waals surface area contributed by atoms with Crippen molar-refractivity contribution in [1.82, 2.24) is 4.98 Å². The smallest absolute Gasteiger partial charge is 0.303 e. The summed E-state index contributed by atoms with van der Waals surface area (Å²) in [6.07, 6.45) is 3.30. The quantitative estimate of drug-likeness (QED) is 0.874. The average Bonchev–Trinajstić information content (AvgIpc) is 2.75. The number of carboxylic acids is 1. The summed E-state index contributed by atoms with van der Waals surface area (Å²) in [5.41, 5.74) is 1.87. The highest BCUT2D eigenvalue weighted by Gasteiger charge is 2.12. The molecule has 0 saturated carbocycles. The van der Waals surface area contributed by atoms with Gasteiger partial charge < -0.3 is 14.8 Å². The maximum Gasteiger partial charge on any atom is 0.303 e. The molecule has 2 N–H and O–H groups in total. The Morgan fingerprint density at radius 1 is 1.50 bits per heavy atom. The van der Waals surface area contributed by atoms with Crippen LogP contribution in [0, 0.1) is 0 Å². The Bertz CT molecular complexity index is 577. The molecule has 5 heteroatoms. The number of rotatable bonds is 5. The molecule has 0 aliphatic heterocycles. The SMILES string of the molecule is COc1ccc(Cl)c2[nH]cc(CCCC(=O)O)c12. The van der Waals surface area contributed by atoms with E-state index in [1.807, 2.05) is 12.3 Å². The van der Waals surface area contributed by atoms with Crippen molar-refractivity contribution in [2.24, 2.45) is 0 Å². The summed E-state index contributed by atoms with van der Waals surface area (Å²) in [5, 5.41) is 10.2. The number of hydrogen-bond acceptors (Lipinski definition) is 2. The highest BCUT2D eigenvalue weighted by molar-refractivity contribution is 6.35. The van der Waals surface area contributed by atoms with Gasteiger partial charge in [-0.05, 0) is 30.5 Å². The number of ether oxygens (including phenoxy) is 1. The van der Waals surface area contributed by atoms with Crippen LogP contribution in [-0.2, 0) is 11.2 Å². The monoisotopic (exact) mass is 267 g/mol. The first-order chi connectivity index (χ1) is 8.63.